The lowest BCUT2D eigenvalue weighted by molar-refractivity contribution is -0.0436. The molecule has 25 heavy (non-hydrogen) atoms. The molecule has 0 radical (unpaired) electrons. The van der Waals surface area contributed by atoms with Crippen LogP contribution in [0.25, 0.3) is 0 Å². The zero-order valence-corrected chi connectivity index (χ0v) is 13.5. The third kappa shape index (κ3) is 4.36. The highest BCUT2D eigenvalue weighted by atomic mass is 32.2. The maximum atomic E-state index is 13.4. The van der Waals surface area contributed by atoms with Crippen LogP contribution in [0, 0.1) is 5.82 Å². The van der Waals surface area contributed by atoms with Gasteiger partial charge in [-0.3, -0.25) is 4.79 Å². The summed E-state index contributed by atoms with van der Waals surface area (Å²) in [5.74, 6) is -1.01. The molecule has 9 heteroatoms. The second kappa shape index (κ2) is 7.22. The van der Waals surface area contributed by atoms with Crippen LogP contribution in [0.15, 0.2) is 53.4 Å². The standard InChI is InChI=1S/C16H13F4NO3S/c17-14-4-2-1-3-11(14)9-10-21-15(22)12-5-7-13(8-6-12)25(23,24)16(18,19)20/h1-8H,9-10H2,(H,21,22). The molecule has 2 aromatic rings. The van der Waals surface area contributed by atoms with Crippen LogP contribution < -0.4 is 5.32 Å². The number of benzene rings is 2. The Hall–Kier alpha value is -2.42. The minimum atomic E-state index is -5.45. The number of hydrogen-bond donors (Lipinski definition) is 1. The number of amides is 1. The first-order chi connectivity index (χ1) is 11.6. The average Bonchev–Trinajstić information content (AvgIpc) is 2.55. The molecular weight excluding hydrogens is 362 g/mol. The van der Waals surface area contributed by atoms with E-state index in [4.69, 9.17) is 0 Å². The second-order valence-electron chi connectivity index (χ2n) is 5.07. The van der Waals surface area contributed by atoms with Crippen LogP contribution in [0.1, 0.15) is 15.9 Å². The summed E-state index contributed by atoms with van der Waals surface area (Å²) in [6.07, 6.45) is 0.235. The number of carbonyl (C=O) groups excluding carboxylic acids is 1. The van der Waals surface area contributed by atoms with E-state index < -0.39 is 32.0 Å². The van der Waals surface area contributed by atoms with Gasteiger partial charge in [-0.2, -0.15) is 13.2 Å². The van der Waals surface area contributed by atoms with Gasteiger partial charge in [0, 0.05) is 12.1 Å². The third-order valence-electron chi connectivity index (χ3n) is 3.37. The van der Waals surface area contributed by atoms with Gasteiger partial charge in [0.25, 0.3) is 15.7 Å². The van der Waals surface area contributed by atoms with Crippen LogP contribution in [-0.4, -0.2) is 26.4 Å². The smallest absolute Gasteiger partial charge is 0.352 e. The fourth-order valence-electron chi connectivity index (χ4n) is 2.03. The molecule has 4 nitrogen and oxygen atoms in total. The van der Waals surface area contributed by atoms with Crippen LogP contribution in [0.4, 0.5) is 17.6 Å². The fourth-order valence-corrected chi connectivity index (χ4v) is 2.79. The van der Waals surface area contributed by atoms with E-state index in [0.717, 1.165) is 12.1 Å². The first kappa shape index (κ1) is 18.9. The summed E-state index contributed by atoms with van der Waals surface area (Å²) in [4.78, 5) is 11.0. The molecule has 0 heterocycles. The lowest BCUT2D eigenvalue weighted by Crippen LogP contribution is -2.26. The monoisotopic (exact) mass is 375 g/mol. The predicted octanol–water partition coefficient (Wildman–Crippen LogP) is 3.09. The molecule has 0 saturated heterocycles. The molecule has 0 bridgehead atoms. The number of halogens is 4. The van der Waals surface area contributed by atoms with E-state index in [1.54, 1.807) is 12.1 Å². The maximum Gasteiger partial charge on any atom is 0.501 e. The van der Waals surface area contributed by atoms with E-state index in [0.29, 0.717) is 17.7 Å². The van der Waals surface area contributed by atoms with E-state index in [-0.39, 0.29) is 18.5 Å². The highest BCUT2D eigenvalue weighted by molar-refractivity contribution is 7.92. The van der Waals surface area contributed by atoms with E-state index in [1.807, 2.05) is 0 Å². The van der Waals surface area contributed by atoms with Crippen LogP contribution in [0.2, 0.25) is 0 Å². The molecule has 0 fully saturated rings. The summed E-state index contributed by atoms with van der Waals surface area (Å²) in [6, 6.07) is 9.45. The van der Waals surface area contributed by atoms with Crippen LogP contribution >= 0.6 is 0 Å². The number of rotatable bonds is 5. The fraction of sp³-hybridized carbons (Fsp3) is 0.188. The summed E-state index contributed by atoms with van der Waals surface area (Å²) in [6.45, 7) is 0.113. The van der Waals surface area contributed by atoms with E-state index in [1.165, 1.54) is 12.1 Å². The molecule has 0 spiro atoms. The zero-order valence-electron chi connectivity index (χ0n) is 12.7. The van der Waals surface area contributed by atoms with Crippen molar-refractivity contribution in [3.63, 3.8) is 0 Å². The van der Waals surface area contributed by atoms with Gasteiger partial charge in [0.2, 0.25) is 0 Å². The Labute approximate surface area is 141 Å². The first-order valence-corrected chi connectivity index (χ1v) is 8.54. The molecule has 1 N–H and O–H groups in total. The SMILES string of the molecule is O=C(NCCc1ccccc1F)c1ccc(S(=O)(=O)C(F)(F)F)cc1. The summed E-state index contributed by atoms with van der Waals surface area (Å²) >= 11 is 0. The van der Waals surface area contributed by atoms with Gasteiger partial charge in [-0.25, -0.2) is 12.8 Å². The van der Waals surface area contributed by atoms with Gasteiger partial charge in [0.05, 0.1) is 4.90 Å². The summed E-state index contributed by atoms with van der Waals surface area (Å²) in [5.41, 5.74) is -5.00. The largest absolute Gasteiger partial charge is 0.501 e. The molecule has 0 atom stereocenters. The Morgan fingerprint density at radius 2 is 1.60 bits per heavy atom. The highest BCUT2D eigenvalue weighted by Crippen LogP contribution is 2.30. The number of alkyl halides is 3. The first-order valence-electron chi connectivity index (χ1n) is 7.06. The average molecular weight is 375 g/mol. The van der Waals surface area contributed by atoms with Gasteiger partial charge in [0.15, 0.2) is 0 Å². The van der Waals surface area contributed by atoms with Crippen LogP contribution in [-0.2, 0) is 16.3 Å². The maximum absolute atomic E-state index is 13.4. The van der Waals surface area contributed by atoms with Gasteiger partial charge >= 0.3 is 5.51 Å². The minimum absolute atomic E-state index is 0.00495. The lowest BCUT2D eigenvalue weighted by Gasteiger charge is -2.09. The Bertz CT molecular complexity index is 862. The van der Waals surface area contributed by atoms with E-state index in [9.17, 15) is 30.8 Å². The van der Waals surface area contributed by atoms with Crippen molar-refractivity contribution in [3.05, 3.63) is 65.5 Å². The Morgan fingerprint density at radius 3 is 2.16 bits per heavy atom. The van der Waals surface area contributed by atoms with Crippen molar-refractivity contribution in [2.45, 2.75) is 16.8 Å². The molecule has 0 aliphatic rings. The molecule has 2 rings (SSSR count). The molecule has 0 aromatic heterocycles. The molecule has 2 aromatic carbocycles. The molecule has 0 aliphatic carbocycles. The van der Waals surface area contributed by atoms with Crippen molar-refractivity contribution in [2.24, 2.45) is 0 Å². The number of carbonyl (C=O) groups is 1. The number of sulfone groups is 1. The van der Waals surface area contributed by atoms with Crippen molar-refractivity contribution in [3.8, 4) is 0 Å². The molecule has 134 valence electrons. The molecule has 0 unspecified atom stereocenters. The van der Waals surface area contributed by atoms with Gasteiger partial charge < -0.3 is 5.32 Å². The quantitative estimate of drug-likeness (QED) is 0.817. The van der Waals surface area contributed by atoms with E-state index >= 15 is 0 Å². The van der Waals surface area contributed by atoms with Crippen molar-refractivity contribution in [2.75, 3.05) is 6.54 Å². The van der Waals surface area contributed by atoms with Crippen LogP contribution in [0.3, 0.4) is 0 Å². The summed E-state index contributed by atoms with van der Waals surface area (Å²) in [5, 5.41) is 2.49. The topological polar surface area (TPSA) is 63.2 Å². The molecule has 0 saturated carbocycles. The van der Waals surface area contributed by atoms with Crippen molar-refractivity contribution in [1.29, 1.82) is 0 Å². The number of nitrogens with one attached hydrogen (secondary N) is 1. The Balaban J connectivity index is 2.00. The minimum Gasteiger partial charge on any atom is -0.352 e. The van der Waals surface area contributed by atoms with Gasteiger partial charge in [-0.05, 0) is 42.3 Å². The zero-order chi connectivity index (χ0) is 18.7. The normalized spacial score (nSPS) is 12.0. The van der Waals surface area contributed by atoms with Gasteiger partial charge in [-0.15, -0.1) is 0 Å². The second-order valence-corrected chi connectivity index (χ2v) is 7.01. The highest BCUT2D eigenvalue weighted by Gasteiger charge is 2.46. The van der Waals surface area contributed by atoms with E-state index in [2.05, 4.69) is 5.32 Å². The summed E-state index contributed by atoms with van der Waals surface area (Å²) < 4.78 is 73.2. The Morgan fingerprint density at radius 1 is 1.00 bits per heavy atom. The lowest BCUT2D eigenvalue weighted by atomic mass is 10.1. The third-order valence-corrected chi connectivity index (χ3v) is 4.87. The van der Waals surface area contributed by atoms with Gasteiger partial charge in [-0.1, -0.05) is 18.2 Å². The van der Waals surface area contributed by atoms with Crippen molar-refractivity contribution >= 4 is 15.7 Å². The predicted molar refractivity (Wildman–Crippen MR) is 82.1 cm³/mol. The Kier molecular flexibility index (Phi) is 5.46. The van der Waals surface area contributed by atoms with Crippen molar-refractivity contribution in [1.82, 2.24) is 5.32 Å². The molecular formula is C16H13F4NO3S. The summed E-state index contributed by atoms with van der Waals surface area (Å²) in [7, 11) is -5.45. The molecule has 1 amide bonds. The number of hydrogen-bond acceptors (Lipinski definition) is 3. The van der Waals surface area contributed by atoms with Gasteiger partial charge in [0.1, 0.15) is 5.82 Å². The van der Waals surface area contributed by atoms with Crippen molar-refractivity contribution < 1.29 is 30.8 Å². The molecule has 0 aliphatic heterocycles. The van der Waals surface area contributed by atoms with Crippen LogP contribution in [0.5, 0.6) is 0 Å².